The summed E-state index contributed by atoms with van der Waals surface area (Å²) < 4.78 is 1.21. The second-order valence-corrected chi connectivity index (χ2v) is 4.10. The molecule has 8 nitrogen and oxygen atoms in total. The monoisotopic (exact) mass is 252 g/mol. The maximum atomic E-state index is 11.7. The molecule has 1 unspecified atom stereocenters. The van der Waals surface area contributed by atoms with E-state index in [2.05, 4.69) is 5.10 Å². The number of nitrogens with zero attached hydrogens (tertiary/aromatic N) is 3. The maximum absolute atomic E-state index is 11.7. The molecule has 1 aromatic rings. The summed E-state index contributed by atoms with van der Waals surface area (Å²) in [5, 5.41) is 12.4. The van der Waals surface area contributed by atoms with E-state index in [0.29, 0.717) is 5.69 Å². The molecule has 18 heavy (non-hydrogen) atoms. The van der Waals surface area contributed by atoms with E-state index >= 15 is 0 Å². The molecule has 96 valence electrons. The highest BCUT2D eigenvalue weighted by molar-refractivity contribution is 5.99. The van der Waals surface area contributed by atoms with Crippen molar-refractivity contribution in [3.05, 3.63) is 12.4 Å². The van der Waals surface area contributed by atoms with E-state index in [1.54, 1.807) is 0 Å². The summed E-state index contributed by atoms with van der Waals surface area (Å²) >= 11 is 0. The van der Waals surface area contributed by atoms with Crippen molar-refractivity contribution in [2.24, 2.45) is 11.7 Å². The van der Waals surface area contributed by atoms with Gasteiger partial charge in [-0.25, -0.2) is 0 Å². The third-order valence-corrected chi connectivity index (χ3v) is 2.76. The van der Waals surface area contributed by atoms with Gasteiger partial charge in [0, 0.05) is 19.2 Å². The SMILES string of the molecule is NC(=O)C1CC(=O)N(c2cnn(CC(=O)O)c2)C1. The summed E-state index contributed by atoms with van der Waals surface area (Å²) in [6.07, 6.45) is 2.93. The number of aliphatic carboxylic acids is 1. The van der Waals surface area contributed by atoms with Crippen LogP contribution in [0.3, 0.4) is 0 Å². The quantitative estimate of drug-likeness (QED) is 0.698. The lowest BCUT2D eigenvalue weighted by molar-refractivity contribution is -0.137. The highest BCUT2D eigenvalue weighted by Gasteiger charge is 2.34. The zero-order valence-corrected chi connectivity index (χ0v) is 9.44. The number of hydrogen-bond acceptors (Lipinski definition) is 4. The zero-order valence-electron chi connectivity index (χ0n) is 9.44. The van der Waals surface area contributed by atoms with E-state index < -0.39 is 17.8 Å². The Labute approximate surface area is 102 Å². The molecule has 2 rings (SSSR count). The molecule has 1 aromatic heterocycles. The number of carboxylic acids is 1. The van der Waals surface area contributed by atoms with Gasteiger partial charge in [-0.3, -0.25) is 19.1 Å². The second kappa shape index (κ2) is 4.47. The third kappa shape index (κ3) is 2.31. The maximum Gasteiger partial charge on any atom is 0.325 e. The van der Waals surface area contributed by atoms with E-state index in [4.69, 9.17) is 10.8 Å². The third-order valence-electron chi connectivity index (χ3n) is 2.76. The van der Waals surface area contributed by atoms with Gasteiger partial charge in [-0.05, 0) is 0 Å². The molecule has 1 aliphatic heterocycles. The first-order valence-corrected chi connectivity index (χ1v) is 5.31. The number of rotatable bonds is 4. The largest absolute Gasteiger partial charge is 0.480 e. The van der Waals surface area contributed by atoms with Gasteiger partial charge in [0.25, 0.3) is 0 Å². The van der Waals surface area contributed by atoms with E-state index in [0.717, 1.165) is 0 Å². The molecule has 2 amide bonds. The van der Waals surface area contributed by atoms with Crippen molar-refractivity contribution in [3.8, 4) is 0 Å². The average Bonchev–Trinajstić information content (AvgIpc) is 2.83. The number of carbonyl (C=O) groups excluding carboxylic acids is 2. The molecule has 1 fully saturated rings. The van der Waals surface area contributed by atoms with Gasteiger partial charge in [0.1, 0.15) is 6.54 Å². The smallest absolute Gasteiger partial charge is 0.325 e. The summed E-state index contributed by atoms with van der Waals surface area (Å²) in [7, 11) is 0. The van der Waals surface area contributed by atoms with E-state index in [9.17, 15) is 14.4 Å². The Morgan fingerprint density at radius 1 is 1.56 bits per heavy atom. The average molecular weight is 252 g/mol. The summed E-state index contributed by atoms with van der Waals surface area (Å²) in [6.45, 7) is -0.0613. The van der Waals surface area contributed by atoms with Crippen LogP contribution in [-0.4, -0.2) is 39.2 Å². The Hall–Kier alpha value is -2.38. The lowest BCUT2D eigenvalue weighted by atomic mass is 10.1. The summed E-state index contributed by atoms with van der Waals surface area (Å²) in [5.41, 5.74) is 5.63. The van der Waals surface area contributed by atoms with Crippen LogP contribution < -0.4 is 10.6 Å². The first kappa shape index (κ1) is 12.1. The Balaban J connectivity index is 2.12. The Kier molecular flexibility index (Phi) is 3.00. The number of anilines is 1. The van der Waals surface area contributed by atoms with E-state index in [-0.39, 0.29) is 25.4 Å². The second-order valence-electron chi connectivity index (χ2n) is 4.10. The fourth-order valence-corrected chi connectivity index (χ4v) is 1.86. The van der Waals surface area contributed by atoms with Gasteiger partial charge >= 0.3 is 5.97 Å². The molecule has 1 saturated heterocycles. The molecule has 8 heteroatoms. The number of amides is 2. The number of nitrogens with two attached hydrogens (primary N) is 1. The molecule has 0 radical (unpaired) electrons. The van der Waals surface area contributed by atoms with Crippen LogP contribution in [-0.2, 0) is 20.9 Å². The lowest BCUT2D eigenvalue weighted by Gasteiger charge is -2.12. The summed E-state index contributed by atoms with van der Waals surface area (Å²) in [4.78, 5) is 34.6. The normalized spacial score (nSPS) is 19.2. The highest BCUT2D eigenvalue weighted by atomic mass is 16.4. The van der Waals surface area contributed by atoms with Crippen molar-refractivity contribution in [1.29, 1.82) is 0 Å². The van der Waals surface area contributed by atoms with Crippen LogP contribution >= 0.6 is 0 Å². The minimum Gasteiger partial charge on any atom is -0.480 e. The van der Waals surface area contributed by atoms with Crippen molar-refractivity contribution in [3.63, 3.8) is 0 Å². The van der Waals surface area contributed by atoms with Crippen molar-refractivity contribution in [2.45, 2.75) is 13.0 Å². The number of aromatic nitrogens is 2. The minimum atomic E-state index is -1.02. The Bertz CT molecular complexity index is 510. The number of carboxylic acid groups (broad SMARTS) is 1. The molecule has 0 saturated carbocycles. The van der Waals surface area contributed by atoms with Gasteiger partial charge in [-0.1, -0.05) is 0 Å². The molecule has 0 aliphatic carbocycles. The summed E-state index contributed by atoms with van der Waals surface area (Å²) in [6, 6.07) is 0. The van der Waals surface area contributed by atoms with Gasteiger partial charge < -0.3 is 15.7 Å². The summed E-state index contributed by atoms with van der Waals surface area (Å²) in [5.74, 6) is -2.25. The molecule has 3 N–H and O–H groups in total. The topological polar surface area (TPSA) is 119 Å². The van der Waals surface area contributed by atoms with E-state index in [1.165, 1.54) is 22.0 Å². The van der Waals surface area contributed by atoms with Gasteiger partial charge in [0.2, 0.25) is 11.8 Å². The lowest BCUT2D eigenvalue weighted by Crippen LogP contribution is -2.28. The predicted molar refractivity (Wildman–Crippen MR) is 59.5 cm³/mol. The Morgan fingerprint density at radius 2 is 2.28 bits per heavy atom. The Morgan fingerprint density at radius 3 is 2.83 bits per heavy atom. The molecule has 2 heterocycles. The zero-order chi connectivity index (χ0) is 13.3. The molecular formula is C10H12N4O4. The van der Waals surface area contributed by atoms with E-state index in [1.807, 2.05) is 0 Å². The van der Waals surface area contributed by atoms with Crippen molar-refractivity contribution in [2.75, 3.05) is 11.4 Å². The van der Waals surface area contributed by atoms with Crippen LogP contribution in [0.4, 0.5) is 5.69 Å². The van der Waals surface area contributed by atoms with Gasteiger partial charge in [-0.15, -0.1) is 0 Å². The first-order chi connectivity index (χ1) is 8.47. The first-order valence-electron chi connectivity index (χ1n) is 5.31. The molecule has 1 atom stereocenters. The van der Waals surface area contributed by atoms with Gasteiger partial charge in [-0.2, -0.15) is 5.10 Å². The number of carbonyl (C=O) groups is 3. The minimum absolute atomic E-state index is 0.0828. The molecule has 0 bridgehead atoms. The molecule has 0 spiro atoms. The number of primary amides is 1. The molecular weight excluding hydrogens is 240 g/mol. The van der Waals surface area contributed by atoms with Gasteiger partial charge in [0.15, 0.2) is 0 Å². The van der Waals surface area contributed by atoms with Crippen LogP contribution in [0.15, 0.2) is 12.4 Å². The van der Waals surface area contributed by atoms with Crippen molar-refractivity contribution >= 4 is 23.5 Å². The van der Waals surface area contributed by atoms with Crippen molar-refractivity contribution < 1.29 is 19.5 Å². The van der Waals surface area contributed by atoms with Crippen molar-refractivity contribution in [1.82, 2.24) is 9.78 Å². The van der Waals surface area contributed by atoms with Crippen LogP contribution in [0.5, 0.6) is 0 Å². The molecule has 0 aromatic carbocycles. The highest BCUT2D eigenvalue weighted by Crippen LogP contribution is 2.24. The van der Waals surface area contributed by atoms with Crippen LogP contribution in [0.1, 0.15) is 6.42 Å². The van der Waals surface area contributed by atoms with Crippen LogP contribution in [0, 0.1) is 5.92 Å². The van der Waals surface area contributed by atoms with Crippen LogP contribution in [0.2, 0.25) is 0 Å². The number of hydrogen-bond donors (Lipinski definition) is 2. The van der Waals surface area contributed by atoms with Crippen LogP contribution in [0.25, 0.3) is 0 Å². The fraction of sp³-hybridized carbons (Fsp3) is 0.400. The predicted octanol–water partition coefficient (Wildman–Crippen LogP) is -1.19. The fourth-order valence-electron chi connectivity index (χ4n) is 1.86. The molecule has 1 aliphatic rings. The standard InChI is InChI=1S/C10H12N4O4/c11-10(18)6-1-8(15)14(3-6)7-2-12-13(4-7)5-9(16)17/h2,4,6H,1,3,5H2,(H2,11,18)(H,16,17). The van der Waals surface area contributed by atoms with Gasteiger partial charge in [0.05, 0.1) is 17.8 Å².